The second-order valence-corrected chi connectivity index (χ2v) is 6.66. The third-order valence-corrected chi connectivity index (χ3v) is 4.52. The minimum atomic E-state index is -0.0333. The Bertz CT molecular complexity index is 827. The Morgan fingerprint density at radius 2 is 1.46 bits per heavy atom. The normalized spacial score (nSPS) is 10.8. The number of rotatable bonds is 9. The van der Waals surface area contributed by atoms with Crippen LogP contribution in [0.2, 0.25) is 0 Å². The van der Waals surface area contributed by atoms with Crippen molar-refractivity contribution in [3.8, 4) is 0 Å². The van der Waals surface area contributed by atoms with Gasteiger partial charge in [-0.25, -0.2) is 0 Å². The van der Waals surface area contributed by atoms with E-state index in [0.29, 0.717) is 13.2 Å². The van der Waals surface area contributed by atoms with Crippen LogP contribution in [0.25, 0.3) is 0 Å². The van der Waals surface area contributed by atoms with Gasteiger partial charge in [0, 0.05) is 13.7 Å². The maximum atomic E-state index is 12.4. The molecule has 0 heterocycles. The van der Waals surface area contributed by atoms with Gasteiger partial charge in [0.15, 0.2) is 0 Å². The molecular formula is C24H26N2O2. The van der Waals surface area contributed by atoms with Gasteiger partial charge in [-0.05, 0) is 22.3 Å². The van der Waals surface area contributed by atoms with E-state index in [-0.39, 0.29) is 18.5 Å². The van der Waals surface area contributed by atoms with Crippen molar-refractivity contribution in [1.82, 2.24) is 10.6 Å². The number of amides is 1. The number of carbonyl (C=O) groups is 1. The Hall–Kier alpha value is -2.95. The fourth-order valence-electron chi connectivity index (χ4n) is 3.17. The summed E-state index contributed by atoms with van der Waals surface area (Å²) in [5.74, 6) is -0.0333. The molecule has 4 nitrogen and oxygen atoms in total. The molecule has 0 radical (unpaired) electrons. The molecule has 1 amide bonds. The topological polar surface area (TPSA) is 50.4 Å². The molecule has 0 fully saturated rings. The molecule has 0 saturated carbocycles. The second-order valence-electron chi connectivity index (χ2n) is 6.66. The fourth-order valence-corrected chi connectivity index (χ4v) is 3.17. The molecule has 0 saturated heterocycles. The van der Waals surface area contributed by atoms with Gasteiger partial charge in [-0.1, -0.05) is 84.9 Å². The number of carbonyl (C=O) groups excluding carboxylic acids is 1. The van der Waals surface area contributed by atoms with E-state index in [1.165, 1.54) is 0 Å². The van der Waals surface area contributed by atoms with Crippen molar-refractivity contribution in [2.45, 2.75) is 19.2 Å². The first-order valence-corrected chi connectivity index (χ1v) is 9.43. The summed E-state index contributed by atoms with van der Waals surface area (Å²) >= 11 is 0. The van der Waals surface area contributed by atoms with Crippen LogP contribution in [0, 0.1) is 0 Å². The molecule has 0 bridgehead atoms. The lowest BCUT2D eigenvalue weighted by Gasteiger charge is -2.19. The quantitative estimate of drug-likeness (QED) is 0.598. The molecule has 0 aliphatic heterocycles. The van der Waals surface area contributed by atoms with Crippen LogP contribution in [-0.2, 0) is 22.7 Å². The van der Waals surface area contributed by atoms with Crippen molar-refractivity contribution >= 4 is 5.91 Å². The van der Waals surface area contributed by atoms with E-state index in [0.717, 1.165) is 22.3 Å². The lowest BCUT2D eigenvalue weighted by molar-refractivity contribution is -0.120. The maximum Gasteiger partial charge on any atom is 0.234 e. The molecule has 0 spiro atoms. The van der Waals surface area contributed by atoms with Gasteiger partial charge in [0.25, 0.3) is 0 Å². The summed E-state index contributed by atoms with van der Waals surface area (Å²) in [5.41, 5.74) is 4.42. The summed E-state index contributed by atoms with van der Waals surface area (Å²) in [5, 5.41) is 6.37. The first-order chi connectivity index (χ1) is 13.8. The van der Waals surface area contributed by atoms with Crippen molar-refractivity contribution < 1.29 is 9.53 Å². The molecule has 3 rings (SSSR count). The molecule has 144 valence electrons. The zero-order chi connectivity index (χ0) is 19.6. The number of hydrogen-bond acceptors (Lipinski definition) is 3. The fraction of sp³-hybridized carbons (Fsp3) is 0.208. The summed E-state index contributed by atoms with van der Waals surface area (Å²) in [6.07, 6.45) is 0. The predicted molar refractivity (Wildman–Crippen MR) is 112 cm³/mol. The average Bonchev–Trinajstić information content (AvgIpc) is 2.74. The molecule has 2 N–H and O–H groups in total. The molecule has 3 aromatic rings. The predicted octanol–water partition coefficient (Wildman–Crippen LogP) is 3.83. The minimum absolute atomic E-state index is 0.0295. The van der Waals surface area contributed by atoms with E-state index >= 15 is 0 Å². The van der Waals surface area contributed by atoms with Crippen LogP contribution in [0.15, 0.2) is 84.9 Å². The summed E-state index contributed by atoms with van der Waals surface area (Å²) < 4.78 is 5.16. The van der Waals surface area contributed by atoms with E-state index in [2.05, 4.69) is 34.9 Å². The Kier molecular flexibility index (Phi) is 7.36. The number of ether oxygens (including phenoxy) is 1. The molecule has 0 aliphatic carbocycles. The van der Waals surface area contributed by atoms with Gasteiger partial charge >= 0.3 is 0 Å². The number of nitrogens with one attached hydrogen (secondary N) is 2. The van der Waals surface area contributed by atoms with Gasteiger partial charge in [-0.2, -0.15) is 0 Å². The van der Waals surface area contributed by atoms with E-state index in [9.17, 15) is 4.79 Å². The van der Waals surface area contributed by atoms with Gasteiger partial charge in [0.2, 0.25) is 5.91 Å². The van der Waals surface area contributed by atoms with E-state index in [1.807, 2.05) is 60.7 Å². The van der Waals surface area contributed by atoms with Crippen LogP contribution in [0.3, 0.4) is 0 Å². The Morgan fingerprint density at radius 1 is 0.857 bits per heavy atom. The Morgan fingerprint density at radius 3 is 2.07 bits per heavy atom. The average molecular weight is 374 g/mol. The van der Waals surface area contributed by atoms with Crippen molar-refractivity contribution in [1.29, 1.82) is 0 Å². The molecule has 4 heteroatoms. The first kappa shape index (κ1) is 19.8. The third-order valence-electron chi connectivity index (χ3n) is 4.52. The Labute approximate surface area is 166 Å². The van der Waals surface area contributed by atoms with Crippen LogP contribution in [0.4, 0.5) is 0 Å². The van der Waals surface area contributed by atoms with Gasteiger partial charge in [-0.3, -0.25) is 10.1 Å². The molecular weight excluding hydrogens is 348 g/mol. The summed E-state index contributed by atoms with van der Waals surface area (Å²) in [6, 6.07) is 28.4. The molecule has 0 atom stereocenters. The number of benzene rings is 3. The zero-order valence-corrected chi connectivity index (χ0v) is 16.1. The van der Waals surface area contributed by atoms with E-state index in [4.69, 9.17) is 4.74 Å². The molecule has 0 aromatic heterocycles. The molecule has 0 aliphatic rings. The highest BCUT2D eigenvalue weighted by molar-refractivity contribution is 5.78. The highest BCUT2D eigenvalue weighted by Crippen LogP contribution is 2.21. The van der Waals surface area contributed by atoms with Gasteiger partial charge < -0.3 is 10.1 Å². The largest absolute Gasteiger partial charge is 0.380 e. The van der Waals surface area contributed by atoms with Crippen LogP contribution >= 0.6 is 0 Å². The smallest absolute Gasteiger partial charge is 0.234 e. The lowest BCUT2D eigenvalue weighted by Crippen LogP contribution is -2.35. The van der Waals surface area contributed by atoms with Gasteiger partial charge in [0.05, 0.1) is 19.2 Å². The zero-order valence-electron chi connectivity index (χ0n) is 16.1. The van der Waals surface area contributed by atoms with Crippen molar-refractivity contribution in [2.24, 2.45) is 0 Å². The van der Waals surface area contributed by atoms with Crippen LogP contribution in [-0.4, -0.2) is 19.6 Å². The highest BCUT2D eigenvalue weighted by Gasteiger charge is 2.14. The second kappa shape index (κ2) is 10.4. The van der Waals surface area contributed by atoms with Crippen LogP contribution < -0.4 is 10.6 Å². The number of hydrogen-bond donors (Lipinski definition) is 2. The van der Waals surface area contributed by atoms with Crippen LogP contribution in [0.1, 0.15) is 28.3 Å². The molecule has 28 heavy (non-hydrogen) atoms. The van der Waals surface area contributed by atoms with Crippen molar-refractivity contribution in [3.05, 3.63) is 107 Å². The van der Waals surface area contributed by atoms with Crippen LogP contribution in [0.5, 0.6) is 0 Å². The summed E-state index contributed by atoms with van der Waals surface area (Å²) in [4.78, 5) is 12.4. The highest BCUT2D eigenvalue weighted by atomic mass is 16.5. The summed E-state index contributed by atoms with van der Waals surface area (Å²) in [7, 11) is 1.68. The monoisotopic (exact) mass is 374 g/mol. The lowest BCUT2D eigenvalue weighted by atomic mass is 9.99. The van der Waals surface area contributed by atoms with Gasteiger partial charge in [0.1, 0.15) is 0 Å². The first-order valence-electron chi connectivity index (χ1n) is 9.43. The molecule has 3 aromatic carbocycles. The summed E-state index contributed by atoms with van der Waals surface area (Å²) in [6.45, 7) is 1.31. The van der Waals surface area contributed by atoms with E-state index < -0.39 is 0 Å². The van der Waals surface area contributed by atoms with Gasteiger partial charge in [-0.15, -0.1) is 0 Å². The van der Waals surface area contributed by atoms with E-state index in [1.54, 1.807) is 7.11 Å². The third kappa shape index (κ3) is 5.78. The minimum Gasteiger partial charge on any atom is -0.380 e. The SMILES string of the molecule is COCc1cccc(CNC(=O)CNC(c2ccccc2)c2ccccc2)c1. The Balaban J connectivity index is 1.59. The molecule has 0 unspecified atom stereocenters. The maximum absolute atomic E-state index is 12.4. The standard InChI is InChI=1S/C24H26N2O2/c1-28-18-20-10-8-9-19(15-20)16-25-23(27)17-26-24(21-11-4-2-5-12-21)22-13-6-3-7-14-22/h2-15,24,26H,16-18H2,1H3,(H,25,27). The van der Waals surface area contributed by atoms with Crippen molar-refractivity contribution in [2.75, 3.05) is 13.7 Å². The van der Waals surface area contributed by atoms with Crippen molar-refractivity contribution in [3.63, 3.8) is 0 Å². The number of methoxy groups -OCH3 is 1.